The van der Waals surface area contributed by atoms with Crippen LogP contribution in [0.4, 0.5) is 0 Å². The molecule has 0 saturated heterocycles. The molecule has 0 saturated carbocycles. The average Bonchev–Trinajstić information content (AvgIpc) is 2.44. The van der Waals surface area contributed by atoms with Crippen LogP contribution in [0.15, 0.2) is 42.0 Å². The summed E-state index contributed by atoms with van der Waals surface area (Å²) in [5.41, 5.74) is 1.97. The molecular formula is C16H21NO4. The van der Waals surface area contributed by atoms with Crippen molar-refractivity contribution in [3.63, 3.8) is 0 Å². The number of nitrogens with one attached hydrogen (secondary N) is 1. The van der Waals surface area contributed by atoms with Gasteiger partial charge in [0.15, 0.2) is 0 Å². The second-order valence-corrected chi connectivity index (χ2v) is 4.95. The fourth-order valence-corrected chi connectivity index (χ4v) is 1.65. The summed E-state index contributed by atoms with van der Waals surface area (Å²) in [6.07, 6.45) is 2.05. The molecule has 1 rings (SSSR count). The molecule has 0 bridgehead atoms. The SMILES string of the molecule is CC(C)=CC[C@@H](NC(=O)COCc1ccccc1)C(=O)O. The van der Waals surface area contributed by atoms with Crippen LogP contribution in [-0.4, -0.2) is 29.6 Å². The van der Waals surface area contributed by atoms with E-state index in [2.05, 4.69) is 5.32 Å². The molecule has 5 nitrogen and oxygen atoms in total. The molecule has 0 aromatic heterocycles. The van der Waals surface area contributed by atoms with E-state index in [1.807, 2.05) is 44.2 Å². The van der Waals surface area contributed by atoms with E-state index in [1.165, 1.54) is 0 Å². The molecule has 0 radical (unpaired) electrons. The highest BCUT2D eigenvalue weighted by atomic mass is 16.5. The van der Waals surface area contributed by atoms with E-state index in [0.717, 1.165) is 11.1 Å². The Balaban J connectivity index is 2.36. The number of carboxylic acid groups (broad SMARTS) is 1. The first-order chi connectivity index (χ1) is 9.99. The Morgan fingerprint density at radius 3 is 2.52 bits per heavy atom. The summed E-state index contributed by atoms with van der Waals surface area (Å²) in [6.45, 7) is 3.92. The third-order valence-corrected chi connectivity index (χ3v) is 2.74. The summed E-state index contributed by atoms with van der Waals surface area (Å²) in [5, 5.41) is 11.5. The number of carbonyl (C=O) groups excluding carboxylic acids is 1. The predicted octanol–water partition coefficient (Wildman–Crippen LogP) is 2.13. The summed E-state index contributed by atoms with van der Waals surface area (Å²) in [6, 6.07) is 8.54. The maximum absolute atomic E-state index is 11.7. The quantitative estimate of drug-likeness (QED) is 0.719. The van der Waals surface area contributed by atoms with Crippen molar-refractivity contribution in [2.24, 2.45) is 0 Å². The van der Waals surface area contributed by atoms with Crippen molar-refractivity contribution in [2.45, 2.75) is 32.9 Å². The lowest BCUT2D eigenvalue weighted by atomic mass is 10.1. The minimum Gasteiger partial charge on any atom is -0.480 e. The van der Waals surface area contributed by atoms with Gasteiger partial charge in [0.05, 0.1) is 6.61 Å². The summed E-state index contributed by atoms with van der Waals surface area (Å²) < 4.78 is 5.27. The molecule has 0 unspecified atom stereocenters. The Morgan fingerprint density at radius 2 is 1.95 bits per heavy atom. The predicted molar refractivity (Wildman–Crippen MR) is 79.7 cm³/mol. The van der Waals surface area contributed by atoms with Gasteiger partial charge < -0.3 is 15.2 Å². The van der Waals surface area contributed by atoms with Gasteiger partial charge in [-0.3, -0.25) is 4.79 Å². The average molecular weight is 291 g/mol. The van der Waals surface area contributed by atoms with E-state index in [4.69, 9.17) is 9.84 Å². The molecule has 0 aliphatic carbocycles. The first-order valence-electron chi connectivity index (χ1n) is 6.76. The summed E-state index contributed by atoms with van der Waals surface area (Å²) in [5.74, 6) is -1.48. The zero-order chi connectivity index (χ0) is 15.7. The molecule has 0 spiro atoms. The van der Waals surface area contributed by atoms with E-state index in [-0.39, 0.29) is 13.0 Å². The lowest BCUT2D eigenvalue weighted by Crippen LogP contribution is -2.42. The number of amides is 1. The monoisotopic (exact) mass is 291 g/mol. The second kappa shape index (κ2) is 8.92. The number of ether oxygens (including phenoxy) is 1. The van der Waals surface area contributed by atoms with E-state index in [9.17, 15) is 9.59 Å². The standard InChI is InChI=1S/C16H21NO4/c1-12(2)8-9-14(16(19)20)17-15(18)11-21-10-13-6-4-3-5-7-13/h3-8,14H,9-11H2,1-2H3,(H,17,18)(H,19,20)/t14-/m1/s1. The van der Waals surface area contributed by atoms with Crippen LogP contribution >= 0.6 is 0 Å². The van der Waals surface area contributed by atoms with Crippen molar-refractivity contribution < 1.29 is 19.4 Å². The molecular weight excluding hydrogens is 270 g/mol. The Kier molecular flexibility index (Phi) is 7.18. The Bertz CT molecular complexity index is 492. The Labute approximate surface area is 124 Å². The maximum Gasteiger partial charge on any atom is 0.326 e. The van der Waals surface area contributed by atoms with E-state index in [0.29, 0.717) is 6.61 Å². The van der Waals surface area contributed by atoms with Gasteiger partial charge in [0, 0.05) is 0 Å². The molecule has 1 atom stereocenters. The van der Waals surface area contributed by atoms with Gasteiger partial charge in [-0.05, 0) is 25.8 Å². The number of allylic oxidation sites excluding steroid dienone is 1. The molecule has 2 N–H and O–H groups in total. The van der Waals surface area contributed by atoms with Crippen LogP contribution in [0.25, 0.3) is 0 Å². The molecule has 1 aromatic rings. The lowest BCUT2D eigenvalue weighted by Gasteiger charge is -2.13. The molecule has 0 aliphatic heterocycles. The molecule has 1 aromatic carbocycles. The first-order valence-corrected chi connectivity index (χ1v) is 6.76. The topological polar surface area (TPSA) is 75.6 Å². The normalized spacial score (nSPS) is 11.5. The van der Waals surface area contributed by atoms with Crippen molar-refractivity contribution in [3.8, 4) is 0 Å². The number of aliphatic carboxylic acids is 1. The third-order valence-electron chi connectivity index (χ3n) is 2.74. The zero-order valence-corrected chi connectivity index (χ0v) is 12.3. The largest absolute Gasteiger partial charge is 0.480 e. The third kappa shape index (κ3) is 7.27. The number of rotatable bonds is 8. The van der Waals surface area contributed by atoms with Gasteiger partial charge >= 0.3 is 5.97 Å². The van der Waals surface area contributed by atoms with Crippen LogP contribution in [0.3, 0.4) is 0 Å². The summed E-state index contributed by atoms with van der Waals surface area (Å²) in [4.78, 5) is 22.7. The fraction of sp³-hybridized carbons (Fsp3) is 0.375. The molecule has 114 valence electrons. The van der Waals surface area contributed by atoms with Gasteiger partial charge in [-0.1, -0.05) is 42.0 Å². The van der Waals surface area contributed by atoms with E-state index < -0.39 is 17.9 Å². The number of benzene rings is 1. The Morgan fingerprint density at radius 1 is 1.29 bits per heavy atom. The zero-order valence-electron chi connectivity index (χ0n) is 12.3. The van der Waals surface area contributed by atoms with Crippen LogP contribution in [0.5, 0.6) is 0 Å². The van der Waals surface area contributed by atoms with Crippen molar-refractivity contribution in [1.29, 1.82) is 0 Å². The van der Waals surface area contributed by atoms with Gasteiger partial charge in [-0.25, -0.2) is 4.79 Å². The minimum atomic E-state index is -1.05. The summed E-state index contributed by atoms with van der Waals surface area (Å²) in [7, 11) is 0. The smallest absolute Gasteiger partial charge is 0.326 e. The maximum atomic E-state index is 11.7. The van der Waals surface area contributed by atoms with Crippen LogP contribution in [0.2, 0.25) is 0 Å². The van der Waals surface area contributed by atoms with Gasteiger partial charge in [0.1, 0.15) is 12.6 Å². The highest BCUT2D eigenvalue weighted by Crippen LogP contribution is 2.01. The second-order valence-electron chi connectivity index (χ2n) is 4.95. The van der Waals surface area contributed by atoms with Crippen molar-refractivity contribution in [3.05, 3.63) is 47.5 Å². The molecule has 1 amide bonds. The lowest BCUT2D eigenvalue weighted by molar-refractivity contribution is -0.142. The molecule has 0 heterocycles. The van der Waals surface area contributed by atoms with Crippen LogP contribution in [-0.2, 0) is 20.9 Å². The summed E-state index contributed by atoms with van der Waals surface area (Å²) >= 11 is 0. The first kappa shape index (κ1) is 16.9. The molecule has 0 aliphatic rings. The molecule has 0 fully saturated rings. The van der Waals surface area contributed by atoms with Crippen LogP contribution < -0.4 is 5.32 Å². The number of hydrogen-bond acceptors (Lipinski definition) is 3. The molecule has 21 heavy (non-hydrogen) atoms. The fourth-order valence-electron chi connectivity index (χ4n) is 1.65. The number of carboxylic acids is 1. The Hall–Kier alpha value is -2.14. The highest BCUT2D eigenvalue weighted by molar-refractivity contribution is 5.84. The van der Waals surface area contributed by atoms with Gasteiger partial charge in [-0.2, -0.15) is 0 Å². The number of hydrogen-bond donors (Lipinski definition) is 2. The van der Waals surface area contributed by atoms with Crippen molar-refractivity contribution >= 4 is 11.9 Å². The van der Waals surface area contributed by atoms with E-state index in [1.54, 1.807) is 6.08 Å². The van der Waals surface area contributed by atoms with Crippen molar-refractivity contribution in [2.75, 3.05) is 6.61 Å². The minimum absolute atomic E-state index is 0.159. The van der Waals surface area contributed by atoms with Crippen LogP contribution in [0, 0.1) is 0 Å². The molecule has 5 heteroatoms. The number of carbonyl (C=O) groups is 2. The van der Waals surface area contributed by atoms with Gasteiger partial charge in [-0.15, -0.1) is 0 Å². The van der Waals surface area contributed by atoms with Gasteiger partial charge in [0.25, 0.3) is 0 Å². The van der Waals surface area contributed by atoms with E-state index >= 15 is 0 Å². The van der Waals surface area contributed by atoms with Crippen molar-refractivity contribution in [1.82, 2.24) is 5.32 Å². The highest BCUT2D eigenvalue weighted by Gasteiger charge is 2.18. The van der Waals surface area contributed by atoms with Crippen LogP contribution in [0.1, 0.15) is 25.8 Å². The van der Waals surface area contributed by atoms with Gasteiger partial charge in [0.2, 0.25) is 5.91 Å².